The molecule has 0 aliphatic rings. The first-order chi connectivity index (χ1) is 6.70. The molecule has 0 rings (SSSR count). The molecule has 0 fully saturated rings. The summed E-state index contributed by atoms with van der Waals surface area (Å²) >= 11 is 0. The molecule has 0 aromatic carbocycles. The van der Waals surface area contributed by atoms with Crippen molar-refractivity contribution in [3.05, 3.63) is 0 Å². The highest BCUT2D eigenvalue weighted by Gasteiger charge is 2.07. The summed E-state index contributed by atoms with van der Waals surface area (Å²) < 4.78 is 10.3. The molecule has 4 nitrogen and oxygen atoms in total. The third kappa shape index (κ3) is 8.44. The predicted molar refractivity (Wildman–Crippen MR) is 57.9 cm³/mol. The number of hydrogen-bond acceptors (Lipinski definition) is 4. The molecule has 86 valence electrons. The van der Waals surface area contributed by atoms with Crippen molar-refractivity contribution in [3.8, 4) is 0 Å². The van der Waals surface area contributed by atoms with E-state index in [4.69, 9.17) is 15.3 Å². The molecule has 3 N–H and O–H groups in total. The number of methoxy groups -OCH3 is 1. The van der Waals surface area contributed by atoms with E-state index in [9.17, 15) is 0 Å². The maximum Gasteiger partial charge on any atom is 0.0701 e. The quantitative estimate of drug-likeness (QED) is 0.333. The van der Waals surface area contributed by atoms with Crippen LogP contribution in [0, 0.1) is 5.92 Å². The lowest BCUT2D eigenvalue weighted by atomic mass is 10.0. The molecule has 0 radical (unpaired) electrons. The van der Waals surface area contributed by atoms with Gasteiger partial charge in [0.05, 0.1) is 19.8 Å². The van der Waals surface area contributed by atoms with E-state index in [0.29, 0.717) is 25.7 Å². The molecule has 14 heavy (non-hydrogen) atoms. The van der Waals surface area contributed by atoms with Gasteiger partial charge in [0.15, 0.2) is 0 Å². The second-order valence-electron chi connectivity index (χ2n) is 3.90. The molecule has 4 heteroatoms. The van der Waals surface area contributed by atoms with Gasteiger partial charge in [-0.2, -0.15) is 0 Å². The van der Waals surface area contributed by atoms with E-state index in [0.717, 1.165) is 6.42 Å². The zero-order chi connectivity index (χ0) is 10.8. The molecule has 0 aliphatic carbocycles. The molecule has 0 amide bonds. The molecule has 0 aliphatic heterocycles. The van der Waals surface area contributed by atoms with Crippen molar-refractivity contribution in [2.75, 3.05) is 26.9 Å². The Balaban J connectivity index is 3.38. The molecule has 0 aromatic rings. The number of hydrazine groups is 1. The number of nitrogens with one attached hydrogen (secondary N) is 1. The molecule has 1 unspecified atom stereocenters. The largest absolute Gasteiger partial charge is 0.382 e. The Hall–Kier alpha value is -0.160. The predicted octanol–water partition coefficient (Wildman–Crippen LogP) is 0.918. The summed E-state index contributed by atoms with van der Waals surface area (Å²) in [7, 11) is 1.67. The van der Waals surface area contributed by atoms with Gasteiger partial charge in [-0.05, 0) is 18.8 Å². The summed E-state index contributed by atoms with van der Waals surface area (Å²) in [4.78, 5) is 0. The monoisotopic (exact) mass is 204 g/mol. The fourth-order valence-corrected chi connectivity index (χ4v) is 1.12. The van der Waals surface area contributed by atoms with Gasteiger partial charge in [0.25, 0.3) is 0 Å². The van der Waals surface area contributed by atoms with Crippen molar-refractivity contribution >= 4 is 0 Å². The van der Waals surface area contributed by atoms with Crippen molar-refractivity contribution in [2.45, 2.75) is 32.7 Å². The SMILES string of the molecule is COCCOCC(CCC(C)C)NN. The van der Waals surface area contributed by atoms with Crippen LogP contribution >= 0.6 is 0 Å². The van der Waals surface area contributed by atoms with E-state index >= 15 is 0 Å². The standard InChI is InChI=1S/C10H24N2O2/c1-9(2)4-5-10(12-11)8-14-7-6-13-3/h9-10,12H,4-8,11H2,1-3H3. The van der Waals surface area contributed by atoms with E-state index in [1.54, 1.807) is 7.11 Å². The van der Waals surface area contributed by atoms with Crippen molar-refractivity contribution in [3.63, 3.8) is 0 Å². The highest BCUT2D eigenvalue weighted by Crippen LogP contribution is 2.06. The van der Waals surface area contributed by atoms with Crippen LogP contribution < -0.4 is 11.3 Å². The van der Waals surface area contributed by atoms with Gasteiger partial charge in [-0.25, -0.2) is 0 Å². The number of rotatable bonds is 9. The van der Waals surface area contributed by atoms with Crippen molar-refractivity contribution in [2.24, 2.45) is 11.8 Å². The molecule has 0 heterocycles. The summed E-state index contributed by atoms with van der Waals surface area (Å²) in [5, 5.41) is 0. The molecule has 0 saturated heterocycles. The Kier molecular flexibility index (Phi) is 9.29. The highest BCUT2D eigenvalue weighted by molar-refractivity contribution is 4.63. The van der Waals surface area contributed by atoms with Crippen molar-refractivity contribution in [1.82, 2.24) is 5.43 Å². The van der Waals surface area contributed by atoms with Gasteiger partial charge < -0.3 is 9.47 Å². The summed E-state index contributed by atoms with van der Waals surface area (Å²) in [6.07, 6.45) is 2.23. The van der Waals surface area contributed by atoms with Crippen LogP contribution in [0.1, 0.15) is 26.7 Å². The van der Waals surface area contributed by atoms with Crippen molar-refractivity contribution < 1.29 is 9.47 Å². The maximum absolute atomic E-state index is 5.41. The van der Waals surface area contributed by atoms with Crippen LogP contribution in [0.3, 0.4) is 0 Å². The molecule has 0 aromatic heterocycles. The van der Waals surface area contributed by atoms with Gasteiger partial charge in [0, 0.05) is 13.2 Å². The zero-order valence-electron chi connectivity index (χ0n) is 9.58. The van der Waals surface area contributed by atoms with E-state index in [1.165, 1.54) is 6.42 Å². The molecule has 0 spiro atoms. The summed E-state index contributed by atoms with van der Waals surface area (Å²) in [5.41, 5.74) is 2.77. The van der Waals surface area contributed by atoms with Crippen LogP contribution in [0.4, 0.5) is 0 Å². The lowest BCUT2D eigenvalue weighted by molar-refractivity contribution is 0.0567. The Morgan fingerprint density at radius 2 is 1.93 bits per heavy atom. The van der Waals surface area contributed by atoms with E-state index in [2.05, 4.69) is 19.3 Å². The average molecular weight is 204 g/mol. The van der Waals surface area contributed by atoms with Crippen molar-refractivity contribution in [1.29, 1.82) is 0 Å². The minimum Gasteiger partial charge on any atom is -0.382 e. The van der Waals surface area contributed by atoms with Crippen LogP contribution in [0.2, 0.25) is 0 Å². The topological polar surface area (TPSA) is 56.5 Å². The molecule has 0 bridgehead atoms. The maximum atomic E-state index is 5.41. The minimum absolute atomic E-state index is 0.259. The van der Waals surface area contributed by atoms with Crippen LogP contribution in [-0.4, -0.2) is 33.0 Å². The van der Waals surface area contributed by atoms with Crippen LogP contribution in [0.25, 0.3) is 0 Å². The number of nitrogens with two attached hydrogens (primary N) is 1. The van der Waals surface area contributed by atoms with Crippen LogP contribution in [0.15, 0.2) is 0 Å². The summed E-state index contributed by atoms with van der Waals surface area (Å²) in [6.45, 7) is 6.35. The lowest BCUT2D eigenvalue weighted by Crippen LogP contribution is -2.39. The first-order valence-electron chi connectivity index (χ1n) is 5.23. The second kappa shape index (κ2) is 9.40. The Morgan fingerprint density at radius 3 is 2.43 bits per heavy atom. The minimum atomic E-state index is 0.259. The van der Waals surface area contributed by atoms with Gasteiger partial charge in [0.2, 0.25) is 0 Å². The van der Waals surface area contributed by atoms with E-state index < -0.39 is 0 Å². The summed E-state index contributed by atoms with van der Waals surface area (Å²) in [6, 6.07) is 0.259. The fourth-order valence-electron chi connectivity index (χ4n) is 1.12. The van der Waals surface area contributed by atoms with E-state index in [1.807, 2.05) is 0 Å². The molecular formula is C10H24N2O2. The Labute approximate surface area is 87.1 Å². The highest BCUT2D eigenvalue weighted by atomic mass is 16.5. The lowest BCUT2D eigenvalue weighted by Gasteiger charge is -2.16. The van der Waals surface area contributed by atoms with Crippen LogP contribution in [-0.2, 0) is 9.47 Å². The van der Waals surface area contributed by atoms with Gasteiger partial charge in [0.1, 0.15) is 0 Å². The summed E-state index contributed by atoms with van der Waals surface area (Å²) in [5.74, 6) is 6.13. The van der Waals surface area contributed by atoms with Crippen LogP contribution in [0.5, 0.6) is 0 Å². The van der Waals surface area contributed by atoms with Gasteiger partial charge in [-0.15, -0.1) is 0 Å². The fraction of sp³-hybridized carbons (Fsp3) is 1.00. The Morgan fingerprint density at radius 1 is 1.21 bits per heavy atom. The average Bonchev–Trinajstić information content (AvgIpc) is 2.16. The number of hydrogen-bond donors (Lipinski definition) is 2. The molecule has 0 saturated carbocycles. The third-order valence-corrected chi connectivity index (χ3v) is 2.08. The second-order valence-corrected chi connectivity index (χ2v) is 3.90. The molecule has 1 atom stereocenters. The number of ether oxygens (including phenoxy) is 2. The van der Waals surface area contributed by atoms with Gasteiger partial charge >= 0.3 is 0 Å². The Bertz CT molecular complexity index is 121. The van der Waals surface area contributed by atoms with E-state index in [-0.39, 0.29) is 6.04 Å². The van der Waals surface area contributed by atoms with Gasteiger partial charge in [-0.1, -0.05) is 13.8 Å². The first-order valence-corrected chi connectivity index (χ1v) is 5.23. The molecular weight excluding hydrogens is 180 g/mol. The smallest absolute Gasteiger partial charge is 0.0701 e. The first kappa shape index (κ1) is 13.8. The van der Waals surface area contributed by atoms with Gasteiger partial charge in [-0.3, -0.25) is 11.3 Å². The normalized spacial score (nSPS) is 13.5. The zero-order valence-corrected chi connectivity index (χ0v) is 9.58. The third-order valence-electron chi connectivity index (χ3n) is 2.08.